The standard InChI is InChI=1S/2C22H49P.3ClH/c2*1-5-9-13-14-15-16-17-18-22-23(19-10-6-2,20-11-7-3)21-12-8-4;;;/h2*23H,5-22H2,1-4H3;3*1H. The molecular formula is C44H101Cl3P2. The van der Waals surface area contributed by atoms with Crippen molar-refractivity contribution in [1.29, 1.82) is 0 Å². The van der Waals surface area contributed by atoms with Crippen LogP contribution in [0.3, 0.4) is 0 Å². The van der Waals surface area contributed by atoms with Gasteiger partial charge in [0.15, 0.2) is 0 Å². The van der Waals surface area contributed by atoms with Gasteiger partial charge in [-0.2, -0.15) is 0 Å². The molecule has 0 unspecified atom stereocenters. The van der Waals surface area contributed by atoms with Gasteiger partial charge >= 0.3 is 299 Å². The van der Waals surface area contributed by atoms with Crippen molar-refractivity contribution >= 4 is 51.7 Å². The summed E-state index contributed by atoms with van der Waals surface area (Å²) in [4.78, 5) is 0. The van der Waals surface area contributed by atoms with Crippen LogP contribution in [0.2, 0.25) is 0 Å². The fraction of sp³-hybridized carbons (Fsp3) is 1.00. The van der Waals surface area contributed by atoms with Crippen LogP contribution < -0.4 is 0 Å². The summed E-state index contributed by atoms with van der Waals surface area (Å²) in [5, 5.41) is 0. The van der Waals surface area contributed by atoms with E-state index >= 15 is 0 Å². The molecule has 0 saturated heterocycles. The van der Waals surface area contributed by atoms with Crippen molar-refractivity contribution in [3.8, 4) is 0 Å². The zero-order valence-electron chi connectivity index (χ0n) is 35.7. The zero-order chi connectivity index (χ0) is 34.5. The monoisotopic (exact) mass is 797 g/mol. The Morgan fingerprint density at radius 3 is 0.510 bits per heavy atom. The van der Waals surface area contributed by atoms with E-state index in [4.69, 9.17) is 0 Å². The maximum atomic E-state index is 2.38. The maximum absolute atomic E-state index is 2.38. The van der Waals surface area contributed by atoms with Crippen LogP contribution in [0.1, 0.15) is 235 Å². The minimum absolute atomic E-state index is 0. The molecule has 49 heavy (non-hydrogen) atoms. The molecule has 0 amide bonds. The van der Waals surface area contributed by atoms with Crippen LogP contribution >= 0.6 is 51.7 Å². The van der Waals surface area contributed by atoms with Gasteiger partial charge in [-0.25, -0.2) is 0 Å². The Labute approximate surface area is 334 Å². The van der Waals surface area contributed by atoms with Crippen LogP contribution in [-0.2, 0) is 0 Å². The van der Waals surface area contributed by atoms with Crippen LogP contribution in [0.4, 0.5) is 0 Å². The molecule has 0 spiro atoms. The number of halogens is 3. The summed E-state index contributed by atoms with van der Waals surface area (Å²) in [5.74, 6) is 0. The van der Waals surface area contributed by atoms with Crippen molar-refractivity contribution < 1.29 is 0 Å². The molecule has 0 aliphatic rings. The van der Waals surface area contributed by atoms with Gasteiger partial charge in [-0.3, -0.25) is 0 Å². The van der Waals surface area contributed by atoms with Gasteiger partial charge in [0.25, 0.3) is 0 Å². The summed E-state index contributed by atoms with van der Waals surface area (Å²) in [6.45, 7) is 18.9. The van der Waals surface area contributed by atoms with E-state index in [9.17, 15) is 0 Å². The van der Waals surface area contributed by atoms with Crippen LogP contribution in [0, 0.1) is 0 Å². The first-order chi connectivity index (χ1) is 22.5. The largest absolute Gasteiger partial charge is 0.147 e. The molecule has 308 valence electrons. The molecule has 0 atom stereocenters. The van der Waals surface area contributed by atoms with E-state index in [0.29, 0.717) is 0 Å². The van der Waals surface area contributed by atoms with Crippen LogP contribution in [-0.4, -0.2) is 49.3 Å². The topological polar surface area (TPSA) is 0 Å². The summed E-state index contributed by atoms with van der Waals surface area (Å²) in [5.41, 5.74) is 0. The molecule has 0 rings (SSSR count). The summed E-state index contributed by atoms with van der Waals surface area (Å²) in [7, 11) is -1.88. The van der Waals surface area contributed by atoms with Crippen molar-refractivity contribution in [2.24, 2.45) is 0 Å². The molecule has 0 aromatic rings. The van der Waals surface area contributed by atoms with E-state index in [1.807, 2.05) is 0 Å². The molecule has 0 saturated carbocycles. The van der Waals surface area contributed by atoms with E-state index in [-0.39, 0.29) is 37.2 Å². The first-order valence-corrected chi connectivity index (χ1v) is 28.1. The van der Waals surface area contributed by atoms with Crippen molar-refractivity contribution in [2.75, 3.05) is 49.3 Å². The number of hydrogen-bond donors (Lipinski definition) is 0. The molecule has 0 aromatic heterocycles. The van der Waals surface area contributed by atoms with Crippen LogP contribution in [0.15, 0.2) is 0 Å². The molecule has 0 bridgehead atoms. The van der Waals surface area contributed by atoms with Crippen LogP contribution in [0.5, 0.6) is 0 Å². The molecule has 0 heterocycles. The van der Waals surface area contributed by atoms with E-state index in [0.717, 1.165) is 0 Å². The quantitative estimate of drug-likeness (QED) is 0.0438. The minimum Gasteiger partial charge on any atom is -0.147 e. The van der Waals surface area contributed by atoms with Gasteiger partial charge in [-0.15, -0.1) is 37.2 Å². The normalized spacial score (nSPS) is 11.9. The van der Waals surface area contributed by atoms with Gasteiger partial charge in [0.2, 0.25) is 0 Å². The van der Waals surface area contributed by atoms with E-state index in [2.05, 4.69) is 55.4 Å². The number of unbranched alkanes of at least 4 members (excludes halogenated alkanes) is 20. The smallest absolute Gasteiger partial charge is 0.147 e. The average Bonchev–Trinajstić information content (AvgIpc) is 3.08. The number of rotatable bonds is 36. The van der Waals surface area contributed by atoms with Gasteiger partial charge in [-0.1, -0.05) is 0 Å². The first-order valence-electron chi connectivity index (χ1n) is 22.5. The fourth-order valence-corrected chi connectivity index (χ4v) is 19.7. The fourth-order valence-electron chi connectivity index (χ4n) is 8.08. The summed E-state index contributed by atoms with van der Waals surface area (Å²) in [6.07, 6.45) is 54.3. The van der Waals surface area contributed by atoms with Crippen molar-refractivity contribution in [2.45, 2.75) is 235 Å². The van der Waals surface area contributed by atoms with Crippen LogP contribution in [0.25, 0.3) is 0 Å². The molecular weight excluding hydrogens is 697 g/mol. The Morgan fingerprint density at radius 2 is 0.327 bits per heavy atom. The third-order valence-corrected chi connectivity index (χ3v) is 22.8. The Kier molecular flexibility index (Phi) is 58.5. The van der Waals surface area contributed by atoms with Crippen molar-refractivity contribution in [1.82, 2.24) is 0 Å². The van der Waals surface area contributed by atoms with Crippen molar-refractivity contribution in [3.05, 3.63) is 0 Å². The van der Waals surface area contributed by atoms with E-state index in [1.54, 1.807) is 62.1 Å². The molecule has 0 aliphatic heterocycles. The van der Waals surface area contributed by atoms with Crippen molar-refractivity contribution in [3.63, 3.8) is 0 Å². The van der Waals surface area contributed by atoms with Gasteiger partial charge in [-0.05, 0) is 0 Å². The van der Waals surface area contributed by atoms with Gasteiger partial charge in [0.05, 0.1) is 0 Å². The second-order valence-corrected chi connectivity index (χ2v) is 26.1. The Hall–Kier alpha value is 1.73. The summed E-state index contributed by atoms with van der Waals surface area (Å²) >= 11 is 0. The Morgan fingerprint density at radius 1 is 0.184 bits per heavy atom. The third-order valence-electron chi connectivity index (χ3n) is 11.5. The SMILES string of the molecule is CCCCCCCCCC[PH](CCCC)(CCCC)CCCC.CCCCCCCCCC[PH](CCCC)(CCCC)CCCC.Cl.Cl.Cl. The maximum Gasteiger partial charge on any atom is -0.147 e. The minimum atomic E-state index is -0.940. The summed E-state index contributed by atoms with van der Waals surface area (Å²) < 4.78 is 0. The molecule has 0 aromatic carbocycles. The van der Waals surface area contributed by atoms with Gasteiger partial charge in [0, 0.05) is 0 Å². The molecule has 0 nitrogen and oxygen atoms in total. The predicted octanol–water partition coefficient (Wildman–Crippen LogP) is 17.8. The number of hydrogen-bond acceptors (Lipinski definition) is 0. The third kappa shape index (κ3) is 39.2. The molecule has 0 fully saturated rings. The average molecular weight is 799 g/mol. The van der Waals surface area contributed by atoms with Gasteiger partial charge < -0.3 is 0 Å². The predicted molar refractivity (Wildman–Crippen MR) is 252 cm³/mol. The van der Waals surface area contributed by atoms with E-state index < -0.39 is 14.5 Å². The molecule has 5 heteroatoms. The summed E-state index contributed by atoms with van der Waals surface area (Å²) in [6, 6.07) is 0. The first kappa shape index (κ1) is 60.0. The second-order valence-electron chi connectivity index (χ2n) is 16.1. The molecule has 0 radical (unpaired) electrons. The van der Waals surface area contributed by atoms with E-state index in [1.165, 1.54) is 167 Å². The second kappa shape index (κ2) is 47.8. The molecule has 0 aliphatic carbocycles. The Balaban J connectivity index is -0.000000248. The Bertz CT molecular complexity index is 469. The van der Waals surface area contributed by atoms with Gasteiger partial charge in [0.1, 0.15) is 0 Å². The molecule has 0 N–H and O–H groups in total. The zero-order valence-corrected chi connectivity index (χ0v) is 40.1.